The van der Waals surface area contributed by atoms with E-state index in [0.717, 1.165) is 42.4 Å². The molecule has 1 aliphatic heterocycles. The molecular weight excluding hydrogens is 320 g/mol. The van der Waals surface area contributed by atoms with Gasteiger partial charge in [-0.15, -0.1) is 23.1 Å². The molecule has 3 rings (SSSR count). The van der Waals surface area contributed by atoms with Gasteiger partial charge in [0.25, 0.3) is 0 Å². The second-order valence-electron chi connectivity index (χ2n) is 5.11. The fraction of sp³-hybridized carbons (Fsp3) is 0.467. The topological polar surface area (TPSA) is 64.4 Å². The Bertz CT molecular complexity index is 592. The summed E-state index contributed by atoms with van der Waals surface area (Å²) in [6.45, 7) is 1.48. The van der Waals surface area contributed by atoms with E-state index in [1.165, 1.54) is 0 Å². The van der Waals surface area contributed by atoms with Crippen LogP contribution in [0.5, 0.6) is 0 Å². The highest BCUT2D eigenvalue weighted by Gasteiger charge is 2.16. The predicted octanol–water partition coefficient (Wildman–Crippen LogP) is 2.93. The van der Waals surface area contributed by atoms with Crippen LogP contribution in [0.4, 0.5) is 0 Å². The molecule has 0 saturated carbocycles. The number of nitrogens with one attached hydrogen (secondary N) is 1. The zero-order valence-corrected chi connectivity index (χ0v) is 13.8. The molecule has 2 aromatic heterocycles. The van der Waals surface area contributed by atoms with Crippen LogP contribution >= 0.6 is 23.1 Å². The summed E-state index contributed by atoms with van der Waals surface area (Å²) in [4.78, 5) is 12.9. The van der Waals surface area contributed by atoms with E-state index in [1.54, 1.807) is 23.1 Å². The third kappa shape index (κ3) is 4.34. The van der Waals surface area contributed by atoms with Gasteiger partial charge < -0.3 is 14.6 Å². The summed E-state index contributed by atoms with van der Waals surface area (Å²) in [6, 6.07) is 6.19. The Balaban J connectivity index is 1.40. The van der Waals surface area contributed by atoms with Crippen molar-refractivity contribution in [1.29, 1.82) is 0 Å². The molecule has 22 heavy (non-hydrogen) atoms. The Morgan fingerprint density at radius 1 is 1.45 bits per heavy atom. The molecule has 1 saturated heterocycles. The predicted molar refractivity (Wildman–Crippen MR) is 88.0 cm³/mol. The van der Waals surface area contributed by atoms with Crippen molar-refractivity contribution >= 4 is 29.0 Å². The lowest BCUT2D eigenvalue weighted by atomic mass is 10.1. The summed E-state index contributed by atoms with van der Waals surface area (Å²) in [5.41, 5.74) is 0.868. The lowest BCUT2D eigenvalue weighted by molar-refractivity contribution is -0.119. The molecule has 0 radical (unpaired) electrons. The van der Waals surface area contributed by atoms with E-state index < -0.39 is 0 Å². The molecule has 0 spiro atoms. The van der Waals surface area contributed by atoms with E-state index in [2.05, 4.69) is 10.5 Å². The molecule has 1 N–H and O–H groups in total. The number of rotatable bonds is 6. The van der Waals surface area contributed by atoms with E-state index in [9.17, 15) is 4.79 Å². The fourth-order valence-electron chi connectivity index (χ4n) is 2.27. The van der Waals surface area contributed by atoms with Gasteiger partial charge in [0.1, 0.15) is 0 Å². The first-order valence-corrected chi connectivity index (χ1v) is 9.29. The third-order valence-electron chi connectivity index (χ3n) is 3.39. The molecule has 0 aromatic carbocycles. The fourth-order valence-corrected chi connectivity index (χ4v) is 3.66. The number of hydrogen-bond acceptors (Lipinski definition) is 6. The summed E-state index contributed by atoms with van der Waals surface area (Å²) in [7, 11) is 0. The molecule has 5 nitrogen and oxygen atoms in total. The van der Waals surface area contributed by atoms with Crippen LogP contribution in [-0.2, 0) is 15.3 Å². The van der Waals surface area contributed by atoms with E-state index >= 15 is 0 Å². The first-order chi connectivity index (χ1) is 10.8. The number of aromatic nitrogens is 1. The van der Waals surface area contributed by atoms with Gasteiger partial charge in [0.15, 0.2) is 5.76 Å². The molecule has 0 unspecified atom stereocenters. The molecular formula is C15H18N2O3S2. The van der Waals surface area contributed by atoms with Gasteiger partial charge in [-0.25, -0.2) is 0 Å². The molecule has 2 aromatic rings. The summed E-state index contributed by atoms with van der Waals surface area (Å²) < 4.78 is 10.6. The number of nitrogens with zero attached hydrogens (tertiary/aromatic N) is 1. The zero-order valence-electron chi connectivity index (χ0n) is 12.1. The van der Waals surface area contributed by atoms with Gasteiger partial charge in [-0.05, 0) is 24.3 Å². The SMILES string of the molecule is O=C(CSCc1cc(-c2cccs2)on1)NC1CCOCC1. The van der Waals surface area contributed by atoms with Crippen LogP contribution < -0.4 is 5.32 Å². The minimum atomic E-state index is 0.0823. The van der Waals surface area contributed by atoms with Gasteiger partial charge in [0, 0.05) is 31.1 Å². The Hall–Kier alpha value is -1.31. The maximum absolute atomic E-state index is 11.9. The van der Waals surface area contributed by atoms with Crippen LogP contribution in [0.3, 0.4) is 0 Å². The zero-order chi connectivity index (χ0) is 15.2. The highest BCUT2D eigenvalue weighted by molar-refractivity contribution is 7.99. The van der Waals surface area contributed by atoms with Crippen molar-refractivity contribution in [1.82, 2.24) is 10.5 Å². The quantitative estimate of drug-likeness (QED) is 0.877. The van der Waals surface area contributed by atoms with Crippen LogP contribution in [0.15, 0.2) is 28.1 Å². The second kappa shape index (κ2) is 7.80. The molecule has 7 heteroatoms. The summed E-state index contributed by atoms with van der Waals surface area (Å²) in [5.74, 6) is 1.99. The van der Waals surface area contributed by atoms with Crippen LogP contribution in [0, 0.1) is 0 Å². The molecule has 0 aliphatic carbocycles. The lowest BCUT2D eigenvalue weighted by Gasteiger charge is -2.22. The van der Waals surface area contributed by atoms with Crippen molar-refractivity contribution in [2.75, 3.05) is 19.0 Å². The van der Waals surface area contributed by atoms with Gasteiger partial charge in [0.05, 0.1) is 16.3 Å². The van der Waals surface area contributed by atoms with E-state index in [0.29, 0.717) is 11.5 Å². The van der Waals surface area contributed by atoms with Crippen LogP contribution in [-0.4, -0.2) is 36.1 Å². The normalized spacial score (nSPS) is 15.8. The van der Waals surface area contributed by atoms with Crippen molar-refractivity contribution in [2.24, 2.45) is 0 Å². The highest BCUT2D eigenvalue weighted by Crippen LogP contribution is 2.26. The van der Waals surface area contributed by atoms with Crippen molar-refractivity contribution in [3.05, 3.63) is 29.3 Å². The van der Waals surface area contributed by atoms with Crippen LogP contribution in [0.25, 0.3) is 10.6 Å². The first-order valence-electron chi connectivity index (χ1n) is 7.25. The summed E-state index contributed by atoms with van der Waals surface area (Å²) in [6.07, 6.45) is 1.81. The number of thioether (sulfide) groups is 1. The number of carbonyl (C=O) groups excluding carboxylic acids is 1. The van der Waals surface area contributed by atoms with Gasteiger partial charge in [0.2, 0.25) is 5.91 Å². The molecule has 1 fully saturated rings. The average Bonchev–Trinajstić information content (AvgIpc) is 3.19. The average molecular weight is 338 g/mol. The Morgan fingerprint density at radius 3 is 3.09 bits per heavy atom. The standard InChI is InChI=1S/C15H18N2O3S2/c18-15(16-11-3-5-19-6-4-11)10-21-9-12-8-13(20-17-12)14-2-1-7-22-14/h1-2,7-8,11H,3-6,9-10H2,(H,16,18). The first kappa shape index (κ1) is 15.6. The summed E-state index contributed by atoms with van der Waals surface area (Å²) in [5, 5.41) is 9.10. The molecule has 3 heterocycles. The Labute approximate surface area is 137 Å². The van der Waals surface area contributed by atoms with Gasteiger partial charge >= 0.3 is 0 Å². The number of thiophene rings is 1. The summed E-state index contributed by atoms with van der Waals surface area (Å²) >= 11 is 3.17. The lowest BCUT2D eigenvalue weighted by Crippen LogP contribution is -2.39. The van der Waals surface area contributed by atoms with Crippen molar-refractivity contribution in [3.8, 4) is 10.6 Å². The van der Waals surface area contributed by atoms with Crippen molar-refractivity contribution in [2.45, 2.75) is 24.6 Å². The molecule has 0 atom stereocenters. The van der Waals surface area contributed by atoms with Gasteiger partial charge in [-0.2, -0.15) is 0 Å². The molecule has 0 bridgehead atoms. The number of amides is 1. The highest BCUT2D eigenvalue weighted by atomic mass is 32.2. The molecule has 1 aliphatic rings. The van der Waals surface area contributed by atoms with E-state index in [1.807, 2.05) is 23.6 Å². The van der Waals surface area contributed by atoms with E-state index in [-0.39, 0.29) is 11.9 Å². The van der Waals surface area contributed by atoms with E-state index in [4.69, 9.17) is 9.26 Å². The van der Waals surface area contributed by atoms with Crippen molar-refractivity contribution in [3.63, 3.8) is 0 Å². The Morgan fingerprint density at radius 2 is 2.32 bits per heavy atom. The van der Waals surface area contributed by atoms with Crippen LogP contribution in [0.2, 0.25) is 0 Å². The monoisotopic (exact) mass is 338 g/mol. The maximum Gasteiger partial charge on any atom is 0.230 e. The number of hydrogen-bond donors (Lipinski definition) is 1. The second-order valence-corrected chi connectivity index (χ2v) is 7.04. The van der Waals surface area contributed by atoms with Crippen molar-refractivity contribution < 1.29 is 14.1 Å². The minimum Gasteiger partial charge on any atom is -0.381 e. The largest absolute Gasteiger partial charge is 0.381 e. The number of ether oxygens (including phenoxy) is 1. The maximum atomic E-state index is 11.9. The number of carbonyl (C=O) groups is 1. The minimum absolute atomic E-state index is 0.0823. The third-order valence-corrected chi connectivity index (χ3v) is 5.24. The molecule has 1 amide bonds. The molecule has 118 valence electrons. The van der Waals surface area contributed by atoms with Crippen LogP contribution in [0.1, 0.15) is 18.5 Å². The smallest absolute Gasteiger partial charge is 0.230 e. The Kier molecular flexibility index (Phi) is 5.53. The van der Waals surface area contributed by atoms with Gasteiger partial charge in [-0.1, -0.05) is 11.2 Å². The van der Waals surface area contributed by atoms with Gasteiger partial charge in [-0.3, -0.25) is 4.79 Å².